The molecule has 1 aliphatic rings. The molecule has 1 amide bonds. The molecule has 1 rings (SSSR count). The van der Waals surface area contributed by atoms with Crippen LogP contribution in [0.25, 0.3) is 0 Å². The lowest BCUT2D eigenvalue weighted by atomic mass is 9.96. The van der Waals surface area contributed by atoms with Crippen molar-refractivity contribution in [1.29, 1.82) is 0 Å². The van der Waals surface area contributed by atoms with Gasteiger partial charge in [0, 0.05) is 20.2 Å². The van der Waals surface area contributed by atoms with Gasteiger partial charge in [0.15, 0.2) is 0 Å². The van der Waals surface area contributed by atoms with Crippen LogP contribution < -0.4 is 0 Å². The molecule has 2 atom stereocenters. The normalized spacial score (nSPS) is 24.8. The zero-order valence-electron chi connectivity index (χ0n) is 10.8. The van der Waals surface area contributed by atoms with E-state index in [0.717, 1.165) is 13.0 Å². The first kappa shape index (κ1) is 14.5. The molecular formula is C12H21NO3S. The second-order valence-corrected chi connectivity index (χ2v) is 5.56. The van der Waals surface area contributed by atoms with Crippen LogP contribution in [0.3, 0.4) is 0 Å². The van der Waals surface area contributed by atoms with E-state index in [1.54, 1.807) is 14.0 Å². The molecule has 0 aliphatic carbocycles. The highest BCUT2D eigenvalue weighted by Crippen LogP contribution is 2.20. The van der Waals surface area contributed by atoms with Gasteiger partial charge in [-0.2, -0.15) is 0 Å². The Kier molecular flexibility index (Phi) is 5.98. The van der Waals surface area contributed by atoms with Crippen molar-refractivity contribution >= 4 is 23.5 Å². The molecule has 1 heterocycles. The molecule has 0 spiro atoms. The second-order valence-electron chi connectivity index (χ2n) is 4.57. The number of hydrogen-bond donors (Lipinski definition) is 0. The highest BCUT2D eigenvalue weighted by atomic mass is 32.2. The van der Waals surface area contributed by atoms with Gasteiger partial charge >= 0.3 is 0 Å². The van der Waals surface area contributed by atoms with Crippen LogP contribution in [0.15, 0.2) is 0 Å². The van der Waals surface area contributed by atoms with Gasteiger partial charge in [0.05, 0.1) is 17.6 Å². The van der Waals surface area contributed by atoms with Gasteiger partial charge < -0.3 is 9.64 Å². The molecule has 0 radical (unpaired) electrons. The molecule has 0 aromatic rings. The first-order valence-corrected chi connectivity index (χ1v) is 7.07. The molecular weight excluding hydrogens is 238 g/mol. The van der Waals surface area contributed by atoms with E-state index in [-0.39, 0.29) is 17.8 Å². The standard InChI is InChI=1S/C12H21NO3S/c1-9-4-5-13(6-11(9)16-3)12(15)8-17-7-10(2)14/h9,11H,4-8H2,1-3H3. The van der Waals surface area contributed by atoms with E-state index in [0.29, 0.717) is 24.0 Å². The highest BCUT2D eigenvalue weighted by molar-refractivity contribution is 8.00. The van der Waals surface area contributed by atoms with Gasteiger partial charge in [0.2, 0.25) is 5.91 Å². The minimum absolute atomic E-state index is 0.116. The van der Waals surface area contributed by atoms with Gasteiger partial charge in [0.1, 0.15) is 5.78 Å². The van der Waals surface area contributed by atoms with Gasteiger partial charge in [-0.3, -0.25) is 9.59 Å². The second kappa shape index (κ2) is 7.01. The van der Waals surface area contributed by atoms with Crippen molar-refractivity contribution in [3.63, 3.8) is 0 Å². The van der Waals surface area contributed by atoms with Crippen LogP contribution in [-0.2, 0) is 14.3 Å². The van der Waals surface area contributed by atoms with Crippen molar-refractivity contribution in [1.82, 2.24) is 4.90 Å². The quantitative estimate of drug-likeness (QED) is 0.744. The first-order chi connectivity index (χ1) is 8.04. The van der Waals surface area contributed by atoms with E-state index in [1.165, 1.54) is 11.8 Å². The lowest BCUT2D eigenvalue weighted by Gasteiger charge is -2.36. The Morgan fingerprint density at radius 3 is 2.71 bits per heavy atom. The first-order valence-electron chi connectivity index (χ1n) is 5.92. The Morgan fingerprint density at radius 1 is 1.41 bits per heavy atom. The van der Waals surface area contributed by atoms with Crippen molar-refractivity contribution in [3.05, 3.63) is 0 Å². The Labute approximate surface area is 107 Å². The van der Waals surface area contributed by atoms with Gasteiger partial charge in [-0.1, -0.05) is 6.92 Å². The van der Waals surface area contributed by atoms with Crippen LogP contribution in [0.1, 0.15) is 20.3 Å². The summed E-state index contributed by atoms with van der Waals surface area (Å²) in [7, 11) is 1.69. The third-order valence-corrected chi connectivity index (χ3v) is 4.14. The summed E-state index contributed by atoms with van der Waals surface area (Å²) in [6.07, 6.45) is 1.13. The van der Waals surface area contributed by atoms with Gasteiger partial charge in [-0.25, -0.2) is 0 Å². The minimum Gasteiger partial charge on any atom is -0.379 e. The van der Waals surface area contributed by atoms with Gasteiger partial charge in [-0.15, -0.1) is 11.8 Å². The maximum absolute atomic E-state index is 11.9. The van der Waals surface area contributed by atoms with E-state index in [4.69, 9.17) is 4.74 Å². The van der Waals surface area contributed by atoms with Crippen LogP contribution in [-0.4, -0.2) is 54.4 Å². The lowest BCUT2D eigenvalue weighted by molar-refractivity contribution is -0.133. The number of piperidine rings is 1. The number of likely N-dealkylation sites (tertiary alicyclic amines) is 1. The molecule has 1 aliphatic heterocycles. The van der Waals surface area contributed by atoms with Crippen LogP contribution in [0.2, 0.25) is 0 Å². The van der Waals surface area contributed by atoms with Crippen LogP contribution >= 0.6 is 11.8 Å². The van der Waals surface area contributed by atoms with E-state index in [9.17, 15) is 9.59 Å². The Hall–Kier alpha value is -0.550. The molecule has 17 heavy (non-hydrogen) atoms. The van der Waals surface area contributed by atoms with Crippen molar-refractivity contribution in [3.8, 4) is 0 Å². The number of nitrogens with zero attached hydrogens (tertiary/aromatic N) is 1. The molecule has 1 fully saturated rings. The number of ketones is 1. The summed E-state index contributed by atoms with van der Waals surface area (Å²) in [5.41, 5.74) is 0. The average molecular weight is 259 g/mol. The number of rotatable bonds is 5. The topological polar surface area (TPSA) is 46.6 Å². The van der Waals surface area contributed by atoms with Crippen LogP contribution in [0.5, 0.6) is 0 Å². The summed E-state index contributed by atoms with van der Waals surface area (Å²) >= 11 is 1.39. The van der Waals surface area contributed by atoms with Gasteiger partial charge in [0.25, 0.3) is 0 Å². The Morgan fingerprint density at radius 2 is 2.12 bits per heavy atom. The predicted octanol–water partition coefficient (Wildman–Crippen LogP) is 1.19. The average Bonchev–Trinajstić information content (AvgIpc) is 2.29. The predicted molar refractivity (Wildman–Crippen MR) is 69.2 cm³/mol. The molecule has 0 bridgehead atoms. The summed E-state index contributed by atoms with van der Waals surface area (Å²) in [6.45, 7) is 5.18. The molecule has 5 heteroatoms. The van der Waals surface area contributed by atoms with E-state index in [1.807, 2.05) is 4.90 Å². The zero-order chi connectivity index (χ0) is 12.8. The number of thioether (sulfide) groups is 1. The van der Waals surface area contributed by atoms with Crippen molar-refractivity contribution in [2.24, 2.45) is 5.92 Å². The summed E-state index contributed by atoms with van der Waals surface area (Å²) in [5.74, 6) is 1.55. The highest BCUT2D eigenvalue weighted by Gasteiger charge is 2.28. The monoisotopic (exact) mass is 259 g/mol. The summed E-state index contributed by atoms with van der Waals surface area (Å²) < 4.78 is 5.37. The fourth-order valence-electron chi connectivity index (χ4n) is 1.94. The molecule has 0 aromatic carbocycles. The van der Waals surface area contributed by atoms with E-state index in [2.05, 4.69) is 6.92 Å². The molecule has 0 N–H and O–H groups in total. The zero-order valence-corrected chi connectivity index (χ0v) is 11.6. The SMILES string of the molecule is COC1CN(C(=O)CSCC(C)=O)CCC1C. The Bertz CT molecular complexity index is 283. The molecule has 4 nitrogen and oxygen atoms in total. The van der Waals surface area contributed by atoms with E-state index >= 15 is 0 Å². The largest absolute Gasteiger partial charge is 0.379 e. The number of amides is 1. The molecule has 0 aromatic heterocycles. The van der Waals surface area contributed by atoms with Crippen LogP contribution in [0.4, 0.5) is 0 Å². The van der Waals surface area contributed by atoms with Crippen molar-refractivity contribution < 1.29 is 14.3 Å². The minimum atomic E-state index is 0.116. The van der Waals surface area contributed by atoms with E-state index < -0.39 is 0 Å². The Balaban J connectivity index is 2.34. The smallest absolute Gasteiger partial charge is 0.232 e. The number of carbonyl (C=O) groups excluding carboxylic acids is 2. The maximum atomic E-state index is 11.9. The molecule has 98 valence electrons. The lowest BCUT2D eigenvalue weighted by Crippen LogP contribution is -2.47. The van der Waals surface area contributed by atoms with Crippen molar-refractivity contribution in [2.75, 3.05) is 31.7 Å². The number of ether oxygens (including phenoxy) is 1. The molecule has 0 saturated carbocycles. The summed E-state index contributed by atoms with van der Waals surface area (Å²) in [6, 6.07) is 0. The number of methoxy groups -OCH3 is 1. The third-order valence-electron chi connectivity index (χ3n) is 3.08. The van der Waals surface area contributed by atoms with Crippen molar-refractivity contribution in [2.45, 2.75) is 26.4 Å². The summed E-state index contributed by atoms with van der Waals surface area (Å²) in [4.78, 5) is 24.5. The number of carbonyl (C=O) groups is 2. The number of hydrogen-bond acceptors (Lipinski definition) is 4. The maximum Gasteiger partial charge on any atom is 0.232 e. The summed E-state index contributed by atoms with van der Waals surface area (Å²) in [5, 5.41) is 0. The van der Waals surface area contributed by atoms with Gasteiger partial charge in [-0.05, 0) is 19.3 Å². The molecule has 2 unspecified atom stereocenters. The third kappa shape index (κ3) is 4.68. The van der Waals surface area contributed by atoms with Crippen LogP contribution in [0, 0.1) is 5.92 Å². The fraction of sp³-hybridized carbons (Fsp3) is 0.833. The molecule has 1 saturated heterocycles. The fourth-order valence-corrected chi connectivity index (χ4v) is 2.69. The number of Topliss-reactive ketones (excluding diaryl/α,β-unsaturated/α-hetero) is 1.